The van der Waals surface area contributed by atoms with Crippen LogP contribution in [0.15, 0.2) is 70.3 Å². The van der Waals surface area contributed by atoms with Gasteiger partial charge in [0.25, 0.3) is 0 Å². The van der Waals surface area contributed by atoms with Crippen LogP contribution in [0.3, 0.4) is 0 Å². The first kappa shape index (κ1) is 30.0. The number of nitrogens with zero attached hydrogens (tertiary/aromatic N) is 2. The number of amides is 2. The van der Waals surface area contributed by atoms with Gasteiger partial charge in [-0.2, -0.15) is 13.2 Å². The number of amidine groups is 1. The highest BCUT2D eigenvalue weighted by Gasteiger charge is 2.31. The summed E-state index contributed by atoms with van der Waals surface area (Å²) in [5, 5.41) is 5.11. The molecule has 41 heavy (non-hydrogen) atoms. The van der Waals surface area contributed by atoms with Crippen LogP contribution >= 0.6 is 11.6 Å². The van der Waals surface area contributed by atoms with Crippen molar-refractivity contribution in [2.45, 2.75) is 51.4 Å². The van der Waals surface area contributed by atoms with Crippen LogP contribution in [-0.4, -0.2) is 41.7 Å². The largest absolute Gasteiger partial charge is 0.444 e. The molecular formula is C29H27ClF4N4O3. The molecule has 4 rings (SSSR count). The smallest absolute Gasteiger partial charge is 0.416 e. The number of ether oxygens (including phenoxy) is 1. The Kier molecular flexibility index (Phi) is 8.67. The molecule has 0 spiro atoms. The number of fused-ring (bicyclic) bond motifs is 1. The first-order valence-corrected chi connectivity index (χ1v) is 13.0. The lowest BCUT2D eigenvalue weighted by Gasteiger charge is -2.23. The number of rotatable bonds is 7. The van der Waals surface area contributed by atoms with E-state index in [-0.39, 0.29) is 23.6 Å². The molecule has 0 unspecified atom stereocenters. The normalized spacial score (nSPS) is 15.6. The van der Waals surface area contributed by atoms with Crippen molar-refractivity contribution in [3.05, 3.63) is 87.8 Å². The van der Waals surface area contributed by atoms with E-state index in [1.807, 2.05) is 6.08 Å². The highest BCUT2D eigenvalue weighted by molar-refractivity contribution is 6.31. The maximum Gasteiger partial charge on any atom is 0.416 e. The van der Waals surface area contributed by atoms with Gasteiger partial charge in [0, 0.05) is 12.8 Å². The van der Waals surface area contributed by atoms with Gasteiger partial charge in [-0.25, -0.2) is 19.2 Å². The Morgan fingerprint density at radius 3 is 2.51 bits per heavy atom. The van der Waals surface area contributed by atoms with Crippen molar-refractivity contribution >= 4 is 40.7 Å². The molecule has 2 aromatic rings. The van der Waals surface area contributed by atoms with E-state index < -0.39 is 41.2 Å². The number of hydrogen-bond acceptors (Lipinski definition) is 5. The molecule has 2 aliphatic rings. The van der Waals surface area contributed by atoms with E-state index in [1.165, 1.54) is 24.3 Å². The Morgan fingerprint density at radius 2 is 1.83 bits per heavy atom. The number of allylic oxidation sites excluding steroid dienone is 4. The SMILES string of the molecule is CC(C)(C)OC(=O)N[C@H](Cc1cccc(C(F)(F)F)c1)C(=O)NCC1=NC2=CC=C(c3ccc(F)c(Cl)c3)CC2=N1. The van der Waals surface area contributed by atoms with E-state index in [1.54, 1.807) is 32.9 Å². The molecule has 0 saturated heterocycles. The number of carbonyl (C=O) groups excluding carboxylic acids is 2. The lowest BCUT2D eigenvalue weighted by Crippen LogP contribution is -2.50. The number of hydrogen-bond donors (Lipinski definition) is 2. The van der Waals surface area contributed by atoms with Gasteiger partial charge >= 0.3 is 12.3 Å². The number of alkyl halides is 3. The topological polar surface area (TPSA) is 92.1 Å². The Bertz CT molecular complexity index is 1490. The predicted molar refractivity (Wildman–Crippen MR) is 148 cm³/mol. The lowest BCUT2D eigenvalue weighted by molar-refractivity contribution is -0.137. The van der Waals surface area contributed by atoms with Gasteiger partial charge in [0.05, 0.1) is 28.5 Å². The highest BCUT2D eigenvalue weighted by atomic mass is 35.5. The summed E-state index contributed by atoms with van der Waals surface area (Å²) in [6.07, 6.45) is -1.67. The molecule has 1 atom stereocenters. The summed E-state index contributed by atoms with van der Waals surface area (Å²) in [5.41, 5.74) is 1.34. The third kappa shape index (κ3) is 8.03. The van der Waals surface area contributed by atoms with Crippen LogP contribution in [-0.2, 0) is 22.1 Å². The fourth-order valence-electron chi connectivity index (χ4n) is 4.16. The minimum Gasteiger partial charge on any atom is -0.444 e. The highest BCUT2D eigenvalue weighted by Crippen LogP contribution is 2.31. The zero-order valence-electron chi connectivity index (χ0n) is 22.4. The Balaban J connectivity index is 1.44. The molecule has 0 aromatic heterocycles. The van der Waals surface area contributed by atoms with Gasteiger partial charge in [-0.15, -0.1) is 0 Å². The maximum atomic E-state index is 13.6. The second-order valence-electron chi connectivity index (χ2n) is 10.5. The van der Waals surface area contributed by atoms with Crippen LogP contribution in [0.5, 0.6) is 0 Å². The van der Waals surface area contributed by atoms with Crippen LogP contribution < -0.4 is 10.6 Å². The first-order valence-electron chi connectivity index (χ1n) is 12.6. The first-order chi connectivity index (χ1) is 19.2. The molecule has 0 bridgehead atoms. The zero-order chi connectivity index (χ0) is 29.9. The van der Waals surface area contributed by atoms with Gasteiger partial charge in [0.1, 0.15) is 23.3 Å². The molecule has 2 aromatic carbocycles. The number of alkyl carbamates (subject to hydrolysis) is 1. The van der Waals surface area contributed by atoms with Crippen LogP contribution in [0.2, 0.25) is 5.02 Å². The van der Waals surface area contributed by atoms with Crippen LogP contribution in [0, 0.1) is 5.82 Å². The molecule has 1 heterocycles. The Labute approximate surface area is 239 Å². The fourth-order valence-corrected chi connectivity index (χ4v) is 4.34. The molecule has 12 heteroatoms. The van der Waals surface area contributed by atoms with Crippen LogP contribution in [0.4, 0.5) is 22.4 Å². The minimum absolute atomic E-state index is 0.00543. The van der Waals surface area contributed by atoms with E-state index in [9.17, 15) is 27.2 Å². The molecule has 0 saturated carbocycles. The average Bonchev–Trinajstić information content (AvgIpc) is 3.29. The minimum atomic E-state index is -4.56. The monoisotopic (exact) mass is 590 g/mol. The number of halogens is 5. The number of carbonyl (C=O) groups is 2. The van der Waals surface area contributed by atoms with E-state index in [4.69, 9.17) is 16.3 Å². The van der Waals surface area contributed by atoms with Crippen molar-refractivity contribution in [2.75, 3.05) is 6.54 Å². The van der Waals surface area contributed by atoms with Crippen molar-refractivity contribution in [3.63, 3.8) is 0 Å². The van der Waals surface area contributed by atoms with E-state index in [0.717, 1.165) is 23.3 Å². The quantitative estimate of drug-likeness (QED) is 0.372. The van der Waals surface area contributed by atoms with E-state index in [2.05, 4.69) is 20.6 Å². The Hall–Kier alpha value is -3.99. The predicted octanol–water partition coefficient (Wildman–Crippen LogP) is 6.27. The molecular weight excluding hydrogens is 564 g/mol. The summed E-state index contributed by atoms with van der Waals surface area (Å²) in [6, 6.07) is 7.73. The lowest BCUT2D eigenvalue weighted by atomic mass is 9.95. The molecule has 216 valence electrons. The van der Waals surface area contributed by atoms with Crippen molar-refractivity contribution in [1.29, 1.82) is 0 Å². The number of nitrogens with one attached hydrogen (secondary N) is 2. The van der Waals surface area contributed by atoms with Gasteiger partial charge in [0.15, 0.2) is 0 Å². The van der Waals surface area contributed by atoms with Crippen molar-refractivity contribution in [2.24, 2.45) is 9.98 Å². The van der Waals surface area contributed by atoms with Gasteiger partial charge < -0.3 is 15.4 Å². The van der Waals surface area contributed by atoms with Crippen LogP contribution in [0.25, 0.3) is 5.57 Å². The second-order valence-corrected chi connectivity index (χ2v) is 10.9. The molecule has 1 aliphatic heterocycles. The van der Waals surface area contributed by atoms with Gasteiger partial charge in [0.2, 0.25) is 5.91 Å². The van der Waals surface area contributed by atoms with Crippen molar-refractivity contribution < 1.29 is 31.9 Å². The molecule has 1 aliphatic carbocycles. The summed E-state index contributed by atoms with van der Waals surface area (Å²) >= 11 is 5.91. The third-order valence-electron chi connectivity index (χ3n) is 6.02. The summed E-state index contributed by atoms with van der Waals surface area (Å²) in [5.74, 6) is -0.864. The van der Waals surface area contributed by atoms with E-state index >= 15 is 0 Å². The van der Waals surface area contributed by atoms with Gasteiger partial charge in [-0.1, -0.05) is 41.9 Å². The summed E-state index contributed by atoms with van der Waals surface area (Å²) in [6.45, 7) is 4.84. The summed E-state index contributed by atoms with van der Waals surface area (Å²) < 4.78 is 58.4. The molecule has 0 fully saturated rings. The molecule has 7 nitrogen and oxygen atoms in total. The average molecular weight is 591 g/mol. The third-order valence-corrected chi connectivity index (χ3v) is 6.31. The maximum absolute atomic E-state index is 13.6. The zero-order valence-corrected chi connectivity index (χ0v) is 23.2. The number of benzene rings is 2. The van der Waals surface area contributed by atoms with E-state index in [0.29, 0.717) is 23.7 Å². The van der Waals surface area contributed by atoms with Crippen molar-refractivity contribution in [1.82, 2.24) is 10.6 Å². The standard InChI is InChI=1S/C29H27ClF4N4O3/c1-28(2,3)41-27(40)38-24(12-16-5-4-6-19(11-16)29(32,33)34)26(39)35-15-25-36-22-10-8-18(14-23(22)37-25)17-7-9-21(31)20(30)13-17/h4-11,13,24H,12,14-15H2,1-3H3,(H,35,39)(H,38,40)/t24-/m1/s1. The summed E-state index contributed by atoms with van der Waals surface area (Å²) in [7, 11) is 0. The Morgan fingerprint density at radius 1 is 1.07 bits per heavy atom. The molecule has 2 amide bonds. The number of aliphatic imine (C=N–C) groups is 2. The molecule has 0 radical (unpaired) electrons. The molecule has 2 N–H and O–H groups in total. The van der Waals surface area contributed by atoms with Gasteiger partial charge in [-0.3, -0.25) is 4.79 Å². The van der Waals surface area contributed by atoms with Gasteiger partial charge in [-0.05, 0) is 61.7 Å². The van der Waals surface area contributed by atoms with Crippen molar-refractivity contribution in [3.8, 4) is 0 Å². The summed E-state index contributed by atoms with van der Waals surface area (Å²) in [4.78, 5) is 34.5. The van der Waals surface area contributed by atoms with Crippen LogP contribution in [0.1, 0.15) is 43.9 Å². The second kappa shape index (κ2) is 11.9. The fraction of sp³-hybridized carbons (Fsp3) is 0.310.